The SMILES string of the molecule is Cc1ccc(NC(=O)c2nnc(CN(C)CC3CCCO3)s2)cc1. The summed E-state index contributed by atoms with van der Waals surface area (Å²) in [5.74, 6) is -0.218. The first kappa shape index (κ1) is 17.0. The molecule has 1 aromatic carbocycles. The van der Waals surface area contributed by atoms with Crippen LogP contribution < -0.4 is 5.32 Å². The Bertz CT molecular complexity index is 680. The fourth-order valence-electron chi connectivity index (χ4n) is 2.66. The first-order chi connectivity index (χ1) is 11.6. The molecule has 1 fully saturated rings. The van der Waals surface area contributed by atoms with Crippen molar-refractivity contribution in [3.05, 3.63) is 39.8 Å². The van der Waals surface area contributed by atoms with Crippen LogP contribution in [-0.4, -0.2) is 47.3 Å². The van der Waals surface area contributed by atoms with E-state index < -0.39 is 0 Å². The monoisotopic (exact) mass is 346 g/mol. The molecule has 3 rings (SSSR count). The van der Waals surface area contributed by atoms with Crippen molar-refractivity contribution in [1.82, 2.24) is 15.1 Å². The van der Waals surface area contributed by atoms with E-state index in [4.69, 9.17) is 4.74 Å². The highest BCUT2D eigenvalue weighted by molar-refractivity contribution is 7.13. The van der Waals surface area contributed by atoms with Gasteiger partial charge in [0.1, 0.15) is 5.01 Å². The first-order valence-corrected chi connectivity index (χ1v) is 8.92. The van der Waals surface area contributed by atoms with Gasteiger partial charge < -0.3 is 10.1 Å². The minimum absolute atomic E-state index is 0.218. The number of ether oxygens (including phenoxy) is 1. The summed E-state index contributed by atoms with van der Waals surface area (Å²) in [6.07, 6.45) is 2.57. The van der Waals surface area contributed by atoms with Crippen molar-refractivity contribution in [2.75, 3.05) is 25.5 Å². The van der Waals surface area contributed by atoms with E-state index in [1.807, 2.05) is 38.2 Å². The normalized spacial score (nSPS) is 17.4. The van der Waals surface area contributed by atoms with Gasteiger partial charge in [0.25, 0.3) is 5.91 Å². The number of carbonyl (C=O) groups excluding carboxylic acids is 1. The third-order valence-corrected chi connectivity index (χ3v) is 4.82. The molecule has 24 heavy (non-hydrogen) atoms. The van der Waals surface area contributed by atoms with Crippen LogP contribution in [0.4, 0.5) is 5.69 Å². The maximum atomic E-state index is 12.2. The summed E-state index contributed by atoms with van der Waals surface area (Å²) in [4.78, 5) is 14.4. The Kier molecular flexibility index (Phi) is 5.55. The van der Waals surface area contributed by atoms with E-state index in [1.54, 1.807) is 0 Å². The smallest absolute Gasteiger partial charge is 0.286 e. The van der Waals surface area contributed by atoms with Crippen molar-refractivity contribution in [3.63, 3.8) is 0 Å². The predicted molar refractivity (Wildman–Crippen MR) is 94.3 cm³/mol. The van der Waals surface area contributed by atoms with Gasteiger partial charge in [-0.1, -0.05) is 29.0 Å². The van der Waals surface area contributed by atoms with Crippen LogP contribution in [0.5, 0.6) is 0 Å². The Hall–Kier alpha value is -1.83. The summed E-state index contributed by atoms with van der Waals surface area (Å²) in [5.41, 5.74) is 1.92. The van der Waals surface area contributed by atoms with Crippen LogP contribution in [0.15, 0.2) is 24.3 Å². The zero-order chi connectivity index (χ0) is 16.9. The number of benzene rings is 1. The van der Waals surface area contributed by atoms with Gasteiger partial charge in [0.15, 0.2) is 0 Å². The Morgan fingerprint density at radius 3 is 2.88 bits per heavy atom. The van der Waals surface area contributed by atoms with Gasteiger partial charge in [-0.2, -0.15) is 0 Å². The molecule has 1 unspecified atom stereocenters. The topological polar surface area (TPSA) is 67.4 Å². The van der Waals surface area contributed by atoms with Crippen LogP contribution in [0.1, 0.15) is 33.2 Å². The lowest BCUT2D eigenvalue weighted by atomic mass is 10.2. The number of rotatable bonds is 6. The number of aromatic nitrogens is 2. The summed E-state index contributed by atoms with van der Waals surface area (Å²) in [5, 5.41) is 12.2. The lowest BCUT2D eigenvalue weighted by molar-refractivity contribution is 0.0792. The summed E-state index contributed by atoms with van der Waals surface area (Å²) >= 11 is 1.33. The van der Waals surface area contributed by atoms with Crippen LogP contribution in [0.25, 0.3) is 0 Å². The third-order valence-electron chi connectivity index (χ3n) is 3.92. The number of aryl methyl sites for hydroxylation is 1. The predicted octanol–water partition coefficient (Wildman–Crippen LogP) is 2.71. The van der Waals surface area contributed by atoms with Gasteiger partial charge in [0, 0.05) is 18.8 Å². The van der Waals surface area contributed by atoms with Gasteiger partial charge in [-0.25, -0.2) is 0 Å². The lowest BCUT2D eigenvalue weighted by Crippen LogP contribution is -2.28. The van der Waals surface area contributed by atoms with Crippen molar-refractivity contribution in [3.8, 4) is 0 Å². The first-order valence-electron chi connectivity index (χ1n) is 8.11. The highest BCUT2D eigenvalue weighted by Gasteiger charge is 2.19. The minimum Gasteiger partial charge on any atom is -0.377 e. The molecule has 128 valence electrons. The van der Waals surface area contributed by atoms with Gasteiger partial charge in [-0.15, -0.1) is 10.2 Å². The van der Waals surface area contributed by atoms with Gasteiger partial charge >= 0.3 is 0 Å². The van der Waals surface area contributed by atoms with Gasteiger partial charge in [0.05, 0.1) is 12.6 Å². The van der Waals surface area contributed by atoms with E-state index in [2.05, 4.69) is 20.4 Å². The molecule has 1 N–H and O–H groups in total. The standard InChI is InChI=1S/C17H22N4O2S/c1-12-5-7-13(8-6-12)18-16(22)17-20-19-15(24-17)11-21(2)10-14-4-3-9-23-14/h5-8,14H,3-4,9-11H2,1-2H3,(H,18,22). The number of anilines is 1. The molecule has 2 aromatic rings. The molecule has 1 aliphatic rings. The maximum Gasteiger partial charge on any atom is 0.286 e. The Morgan fingerprint density at radius 2 is 2.17 bits per heavy atom. The quantitative estimate of drug-likeness (QED) is 0.871. The molecule has 1 aromatic heterocycles. The number of amides is 1. The number of likely N-dealkylation sites (N-methyl/N-ethyl adjacent to an activating group) is 1. The van der Waals surface area contributed by atoms with E-state index in [0.717, 1.165) is 42.3 Å². The van der Waals surface area contributed by atoms with Crippen molar-refractivity contribution in [1.29, 1.82) is 0 Å². The summed E-state index contributed by atoms with van der Waals surface area (Å²) < 4.78 is 5.64. The summed E-state index contributed by atoms with van der Waals surface area (Å²) in [6.45, 7) is 4.43. The van der Waals surface area contributed by atoms with Gasteiger partial charge in [-0.3, -0.25) is 9.69 Å². The molecule has 0 radical (unpaired) electrons. The number of hydrogen-bond acceptors (Lipinski definition) is 6. The Labute approximate surface area is 145 Å². The average molecular weight is 346 g/mol. The fraction of sp³-hybridized carbons (Fsp3) is 0.471. The number of hydrogen-bond donors (Lipinski definition) is 1. The van der Waals surface area contributed by atoms with E-state index in [0.29, 0.717) is 17.7 Å². The molecule has 1 atom stereocenters. The molecule has 0 saturated carbocycles. The lowest BCUT2D eigenvalue weighted by Gasteiger charge is -2.18. The molecular formula is C17H22N4O2S. The van der Waals surface area contributed by atoms with Gasteiger partial charge in [0.2, 0.25) is 5.01 Å². The summed E-state index contributed by atoms with van der Waals surface area (Å²) in [7, 11) is 2.04. The molecule has 0 spiro atoms. The number of nitrogens with one attached hydrogen (secondary N) is 1. The average Bonchev–Trinajstić information content (AvgIpc) is 3.21. The molecule has 1 amide bonds. The van der Waals surface area contributed by atoms with E-state index in [9.17, 15) is 4.79 Å². The maximum absolute atomic E-state index is 12.2. The van der Waals surface area contributed by atoms with Crippen LogP contribution in [0.3, 0.4) is 0 Å². The largest absolute Gasteiger partial charge is 0.377 e. The van der Waals surface area contributed by atoms with Crippen molar-refractivity contribution in [2.45, 2.75) is 32.4 Å². The molecular weight excluding hydrogens is 324 g/mol. The van der Waals surface area contributed by atoms with Crippen LogP contribution >= 0.6 is 11.3 Å². The summed E-state index contributed by atoms with van der Waals surface area (Å²) in [6, 6.07) is 7.68. The Morgan fingerprint density at radius 1 is 1.38 bits per heavy atom. The van der Waals surface area contributed by atoms with Crippen molar-refractivity contribution >= 4 is 22.9 Å². The molecule has 1 aliphatic heterocycles. The minimum atomic E-state index is -0.218. The number of nitrogens with zero attached hydrogens (tertiary/aromatic N) is 3. The van der Waals surface area contributed by atoms with E-state index >= 15 is 0 Å². The second-order valence-electron chi connectivity index (χ2n) is 6.15. The van der Waals surface area contributed by atoms with E-state index in [-0.39, 0.29) is 5.91 Å². The van der Waals surface area contributed by atoms with Gasteiger partial charge in [-0.05, 0) is 38.9 Å². The molecule has 1 saturated heterocycles. The van der Waals surface area contributed by atoms with Crippen LogP contribution in [0.2, 0.25) is 0 Å². The molecule has 2 heterocycles. The Balaban J connectivity index is 1.54. The number of carbonyl (C=O) groups is 1. The fourth-order valence-corrected chi connectivity index (χ4v) is 3.48. The second-order valence-corrected chi connectivity index (χ2v) is 7.21. The van der Waals surface area contributed by atoms with Crippen molar-refractivity contribution in [2.24, 2.45) is 0 Å². The van der Waals surface area contributed by atoms with Crippen LogP contribution in [-0.2, 0) is 11.3 Å². The molecule has 6 nitrogen and oxygen atoms in total. The van der Waals surface area contributed by atoms with E-state index in [1.165, 1.54) is 11.3 Å². The molecule has 0 bridgehead atoms. The van der Waals surface area contributed by atoms with Crippen molar-refractivity contribution < 1.29 is 9.53 Å². The second kappa shape index (κ2) is 7.83. The zero-order valence-corrected chi connectivity index (χ0v) is 14.8. The highest BCUT2D eigenvalue weighted by atomic mass is 32.1. The highest BCUT2D eigenvalue weighted by Crippen LogP contribution is 2.17. The molecule has 0 aliphatic carbocycles. The molecule has 7 heteroatoms. The third kappa shape index (κ3) is 4.59. The zero-order valence-electron chi connectivity index (χ0n) is 14.0. The van der Waals surface area contributed by atoms with Crippen LogP contribution in [0, 0.1) is 6.92 Å².